The molecule has 0 bridgehead atoms. The maximum absolute atomic E-state index is 13.5. The van der Waals surface area contributed by atoms with E-state index in [1.54, 1.807) is 72.8 Å². The van der Waals surface area contributed by atoms with Gasteiger partial charge in [0.15, 0.2) is 0 Å². The van der Waals surface area contributed by atoms with E-state index in [1.165, 1.54) is 18.5 Å². The molecule has 0 atom stereocenters. The molecule has 3 aromatic carbocycles. The van der Waals surface area contributed by atoms with Crippen molar-refractivity contribution in [2.24, 2.45) is 0 Å². The molecule has 3 rings (SSSR count). The SMILES string of the molecule is COC(=O)CNS(=O)(=O)Cc1ccc(CN(c2cccc(OC)c2)S(=O)(=O)Cc2ccccc2)cc1. The molecule has 1 N–H and O–H groups in total. The quantitative estimate of drug-likeness (QED) is 0.356. The maximum Gasteiger partial charge on any atom is 0.320 e. The van der Waals surface area contributed by atoms with Gasteiger partial charge in [-0.25, -0.2) is 21.6 Å². The van der Waals surface area contributed by atoms with E-state index in [1.807, 2.05) is 6.07 Å². The van der Waals surface area contributed by atoms with Crippen molar-refractivity contribution in [1.29, 1.82) is 0 Å². The summed E-state index contributed by atoms with van der Waals surface area (Å²) in [6.07, 6.45) is 0. The van der Waals surface area contributed by atoms with Crippen LogP contribution >= 0.6 is 0 Å². The molecule has 0 fully saturated rings. The molecule has 192 valence electrons. The molecule has 11 heteroatoms. The van der Waals surface area contributed by atoms with Crippen LogP contribution in [0.2, 0.25) is 0 Å². The van der Waals surface area contributed by atoms with Gasteiger partial charge >= 0.3 is 5.97 Å². The number of carbonyl (C=O) groups is 1. The Balaban J connectivity index is 1.83. The van der Waals surface area contributed by atoms with Crippen LogP contribution in [0.1, 0.15) is 16.7 Å². The fourth-order valence-electron chi connectivity index (χ4n) is 3.40. The van der Waals surface area contributed by atoms with Crippen molar-refractivity contribution in [1.82, 2.24) is 4.72 Å². The van der Waals surface area contributed by atoms with Gasteiger partial charge in [-0.05, 0) is 28.8 Å². The number of nitrogens with one attached hydrogen (secondary N) is 1. The second-order valence-electron chi connectivity index (χ2n) is 7.92. The number of methoxy groups -OCH3 is 2. The number of benzene rings is 3. The summed E-state index contributed by atoms with van der Waals surface area (Å²) >= 11 is 0. The van der Waals surface area contributed by atoms with E-state index in [0.29, 0.717) is 28.1 Å². The predicted octanol–water partition coefficient (Wildman–Crippen LogP) is 2.82. The number of ether oxygens (including phenoxy) is 2. The minimum Gasteiger partial charge on any atom is -0.497 e. The van der Waals surface area contributed by atoms with Crippen LogP contribution in [0, 0.1) is 0 Å². The lowest BCUT2D eigenvalue weighted by atomic mass is 10.1. The molecule has 3 aromatic rings. The van der Waals surface area contributed by atoms with Crippen molar-refractivity contribution in [3.8, 4) is 5.75 Å². The van der Waals surface area contributed by atoms with E-state index in [4.69, 9.17) is 4.74 Å². The molecule has 0 aliphatic heterocycles. The Kier molecular flexibility index (Phi) is 9.08. The second-order valence-corrected chi connectivity index (χ2v) is 11.6. The normalized spacial score (nSPS) is 11.6. The first kappa shape index (κ1) is 27.2. The highest BCUT2D eigenvalue weighted by Gasteiger charge is 2.24. The Morgan fingerprint density at radius 3 is 2.08 bits per heavy atom. The molecule has 0 heterocycles. The van der Waals surface area contributed by atoms with Crippen molar-refractivity contribution in [2.75, 3.05) is 25.1 Å². The van der Waals surface area contributed by atoms with Gasteiger partial charge in [0.25, 0.3) is 0 Å². The molecule has 0 unspecified atom stereocenters. The molecule has 0 saturated heterocycles. The van der Waals surface area contributed by atoms with E-state index in [0.717, 1.165) is 0 Å². The first-order chi connectivity index (χ1) is 17.1. The average molecular weight is 533 g/mol. The van der Waals surface area contributed by atoms with Crippen molar-refractivity contribution >= 4 is 31.7 Å². The minimum absolute atomic E-state index is 0.0377. The number of nitrogens with zero attached hydrogens (tertiary/aromatic N) is 1. The van der Waals surface area contributed by atoms with E-state index in [-0.39, 0.29) is 18.1 Å². The third kappa shape index (κ3) is 7.80. The molecular formula is C25H28N2O7S2. The third-order valence-corrected chi connectivity index (χ3v) is 8.25. The first-order valence-corrected chi connectivity index (χ1v) is 14.2. The molecular weight excluding hydrogens is 504 g/mol. The van der Waals surface area contributed by atoms with Crippen LogP contribution in [-0.2, 0) is 47.6 Å². The zero-order valence-corrected chi connectivity index (χ0v) is 21.6. The van der Waals surface area contributed by atoms with Gasteiger partial charge in [0, 0.05) is 6.07 Å². The molecule has 0 radical (unpaired) electrons. The lowest BCUT2D eigenvalue weighted by Gasteiger charge is -2.25. The van der Waals surface area contributed by atoms with Crippen molar-refractivity contribution in [3.05, 3.63) is 95.6 Å². The predicted molar refractivity (Wildman–Crippen MR) is 137 cm³/mol. The van der Waals surface area contributed by atoms with Crippen LogP contribution in [0.25, 0.3) is 0 Å². The van der Waals surface area contributed by atoms with Gasteiger partial charge in [-0.1, -0.05) is 60.7 Å². The average Bonchev–Trinajstić information content (AvgIpc) is 2.87. The largest absolute Gasteiger partial charge is 0.497 e. The van der Waals surface area contributed by atoms with Gasteiger partial charge in [-0.2, -0.15) is 0 Å². The number of anilines is 1. The molecule has 0 aliphatic carbocycles. The molecule has 0 amide bonds. The summed E-state index contributed by atoms with van der Waals surface area (Å²) in [5.74, 6) is -0.695. The van der Waals surface area contributed by atoms with Gasteiger partial charge in [-0.3, -0.25) is 9.10 Å². The molecule has 0 spiro atoms. The number of carbonyl (C=O) groups excluding carboxylic acids is 1. The second kappa shape index (κ2) is 12.0. The topological polar surface area (TPSA) is 119 Å². The highest BCUT2D eigenvalue weighted by Crippen LogP contribution is 2.27. The lowest BCUT2D eigenvalue weighted by Crippen LogP contribution is -2.32. The molecule has 0 aromatic heterocycles. The smallest absolute Gasteiger partial charge is 0.320 e. The van der Waals surface area contributed by atoms with Gasteiger partial charge in [0.1, 0.15) is 12.3 Å². The van der Waals surface area contributed by atoms with Crippen LogP contribution in [0.3, 0.4) is 0 Å². The van der Waals surface area contributed by atoms with Crippen LogP contribution in [0.4, 0.5) is 5.69 Å². The lowest BCUT2D eigenvalue weighted by molar-refractivity contribution is -0.139. The fourth-order valence-corrected chi connectivity index (χ4v) is 6.02. The van der Waals surface area contributed by atoms with Gasteiger partial charge in [0.2, 0.25) is 20.0 Å². The zero-order valence-electron chi connectivity index (χ0n) is 20.0. The summed E-state index contributed by atoms with van der Waals surface area (Å²) in [7, 11) is -4.86. The third-order valence-electron chi connectivity index (χ3n) is 5.24. The summed E-state index contributed by atoms with van der Waals surface area (Å²) in [5.41, 5.74) is 2.25. The first-order valence-electron chi connectivity index (χ1n) is 10.9. The number of esters is 1. The van der Waals surface area contributed by atoms with Gasteiger partial charge in [-0.15, -0.1) is 0 Å². The Bertz CT molecular complexity index is 1380. The Morgan fingerprint density at radius 2 is 1.44 bits per heavy atom. The Morgan fingerprint density at radius 1 is 0.806 bits per heavy atom. The number of sulfonamides is 2. The van der Waals surface area contributed by atoms with Crippen LogP contribution < -0.4 is 13.8 Å². The Labute approximate surface area is 211 Å². The molecule has 0 saturated carbocycles. The molecule has 0 aliphatic rings. The number of rotatable bonds is 12. The number of hydrogen-bond acceptors (Lipinski definition) is 7. The molecule has 9 nitrogen and oxygen atoms in total. The van der Waals surface area contributed by atoms with Crippen molar-refractivity contribution in [2.45, 2.75) is 18.1 Å². The summed E-state index contributed by atoms with van der Waals surface area (Å²) in [6, 6.07) is 22.3. The van der Waals surface area contributed by atoms with Crippen molar-refractivity contribution in [3.63, 3.8) is 0 Å². The summed E-state index contributed by atoms with van der Waals surface area (Å²) in [4.78, 5) is 11.2. The highest BCUT2D eigenvalue weighted by molar-refractivity contribution is 7.92. The monoisotopic (exact) mass is 532 g/mol. The summed E-state index contributed by atoms with van der Waals surface area (Å²) in [5, 5.41) is 0. The maximum atomic E-state index is 13.5. The van der Waals surface area contributed by atoms with E-state index in [9.17, 15) is 21.6 Å². The minimum atomic E-state index is -3.78. The van der Waals surface area contributed by atoms with Gasteiger partial charge in [0.05, 0.1) is 38.0 Å². The van der Waals surface area contributed by atoms with E-state index in [2.05, 4.69) is 9.46 Å². The zero-order chi connectivity index (χ0) is 26.2. The summed E-state index contributed by atoms with van der Waals surface area (Å²) in [6.45, 7) is -0.415. The number of hydrogen-bond donors (Lipinski definition) is 1. The van der Waals surface area contributed by atoms with Gasteiger partial charge < -0.3 is 9.47 Å². The van der Waals surface area contributed by atoms with E-state index >= 15 is 0 Å². The van der Waals surface area contributed by atoms with Crippen LogP contribution in [-0.4, -0.2) is 43.6 Å². The Hall–Kier alpha value is -3.41. The summed E-state index contributed by atoms with van der Waals surface area (Å²) < 4.78 is 64.6. The molecule has 36 heavy (non-hydrogen) atoms. The van der Waals surface area contributed by atoms with Crippen LogP contribution in [0.15, 0.2) is 78.9 Å². The fraction of sp³-hybridized carbons (Fsp3) is 0.240. The van der Waals surface area contributed by atoms with Crippen molar-refractivity contribution < 1.29 is 31.1 Å². The van der Waals surface area contributed by atoms with E-state index < -0.39 is 32.6 Å². The standard InChI is InChI=1S/C25H28N2O7S2/c1-33-24-10-6-9-23(15-24)27(36(31,32)19-21-7-4-3-5-8-21)17-20-11-13-22(14-12-20)18-35(29,30)26-16-25(28)34-2/h3-15,26H,16-19H2,1-2H3. The van der Waals surface area contributed by atoms with Crippen LogP contribution in [0.5, 0.6) is 5.75 Å². The highest BCUT2D eigenvalue weighted by atomic mass is 32.2.